The van der Waals surface area contributed by atoms with E-state index < -0.39 is 19.7 Å². The molecule has 0 aliphatic heterocycles. The second-order valence-electron chi connectivity index (χ2n) is 4.60. The Morgan fingerprint density at radius 2 is 1.20 bits per heavy atom. The van der Waals surface area contributed by atoms with Gasteiger partial charge >= 0.3 is 0 Å². The molecular weight excluding hydrogens is 296 g/mol. The second-order valence-corrected chi connectivity index (χ2v) is 8.63. The molecule has 2 aromatic carbocycles. The predicted molar refractivity (Wildman–Crippen MR) is 78.1 cm³/mol. The first-order chi connectivity index (χ1) is 9.18. The van der Waals surface area contributed by atoms with E-state index in [2.05, 4.69) is 0 Å². The Morgan fingerprint density at radius 1 is 0.650 bits per heavy atom. The second kappa shape index (κ2) is 5.03. The van der Waals surface area contributed by atoms with Crippen molar-refractivity contribution in [2.45, 2.75) is 9.79 Å². The molecule has 6 heteroatoms. The van der Waals surface area contributed by atoms with Crippen LogP contribution in [0.2, 0.25) is 0 Å². The van der Waals surface area contributed by atoms with Crippen LogP contribution in [0.15, 0.2) is 58.3 Å². The smallest absolute Gasteiger partial charge is 0.175 e. The van der Waals surface area contributed by atoms with E-state index >= 15 is 0 Å². The molecule has 0 saturated carbocycles. The summed E-state index contributed by atoms with van der Waals surface area (Å²) in [5.74, 6) is 0. The third-order valence-electron chi connectivity index (χ3n) is 2.88. The van der Waals surface area contributed by atoms with Gasteiger partial charge in [-0.1, -0.05) is 24.3 Å². The molecule has 0 aliphatic rings. The molecule has 0 heterocycles. The average Bonchev–Trinajstić information content (AvgIpc) is 2.37. The van der Waals surface area contributed by atoms with Gasteiger partial charge in [0.25, 0.3) is 0 Å². The lowest BCUT2D eigenvalue weighted by Gasteiger charge is -2.05. The van der Waals surface area contributed by atoms with Crippen LogP contribution in [0.5, 0.6) is 0 Å². The summed E-state index contributed by atoms with van der Waals surface area (Å²) in [7, 11) is -6.49. The zero-order chi connectivity index (χ0) is 15.0. The molecular formula is C14H14O4S2. The number of sulfone groups is 2. The standard InChI is InChI=1S/C14H14O4S2/c1-19(15,16)13-8-6-11(7-9-13)12-4-3-5-14(10-12)20(2,17)18/h3-10H,1-2H3. The van der Waals surface area contributed by atoms with Crippen LogP contribution in [0.1, 0.15) is 0 Å². The van der Waals surface area contributed by atoms with E-state index in [0.29, 0.717) is 0 Å². The van der Waals surface area contributed by atoms with E-state index in [4.69, 9.17) is 0 Å². The van der Waals surface area contributed by atoms with Crippen molar-refractivity contribution < 1.29 is 16.8 Å². The molecule has 4 nitrogen and oxygen atoms in total. The summed E-state index contributed by atoms with van der Waals surface area (Å²) in [4.78, 5) is 0.475. The highest BCUT2D eigenvalue weighted by atomic mass is 32.2. The molecule has 106 valence electrons. The maximum atomic E-state index is 11.5. The maximum absolute atomic E-state index is 11.5. The fraction of sp³-hybridized carbons (Fsp3) is 0.143. The normalized spacial score (nSPS) is 12.3. The van der Waals surface area contributed by atoms with Crippen molar-refractivity contribution in [3.63, 3.8) is 0 Å². The van der Waals surface area contributed by atoms with Crippen LogP contribution in [0, 0.1) is 0 Å². The highest BCUT2D eigenvalue weighted by Crippen LogP contribution is 2.23. The minimum absolute atomic E-state index is 0.237. The van der Waals surface area contributed by atoms with Crippen LogP contribution in [0.3, 0.4) is 0 Å². The zero-order valence-corrected chi connectivity index (χ0v) is 12.7. The van der Waals surface area contributed by atoms with Gasteiger partial charge in [-0.3, -0.25) is 0 Å². The monoisotopic (exact) mass is 310 g/mol. The van der Waals surface area contributed by atoms with Gasteiger partial charge in [-0.25, -0.2) is 16.8 Å². The van der Waals surface area contributed by atoms with Crippen LogP contribution < -0.4 is 0 Å². The van der Waals surface area contributed by atoms with Crippen molar-refractivity contribution in [3.8, 4) is 11.1 Å². The Hall–Kier alpha value is -1.66. The SMILES string of the molecule is CS(=O)(=O)c1ccc(-c2cccc(S(C)(=O)=O)c2)cc1. The van der Waals surface area contributed by atoms with Crippen LogP contribution in [-0.2, 0) is 19.7 Å². The van der Waals surface area contributed by atoms with Gasteiger partial charge < -0.3 is 0 Å². The van der Waals surface area contributed by atoms with Crippen LogP contribution in [0.25, 0.3) is 11.1 Å². The molecule has 0 aromatic heterocycles. The minimum Gasteiger partial charge on any atom is -0.224 e. The predicted octanol–water partition coefficient (Wildman–Crippen LogP) is 2.16. The van der Waals surface area contributed by atoms with Crippen molar-refractivity contribution >= 4 is 19.7 Å². The Labute approximate surface area is 118 Å². The first-order valence-corrected chi connectivity index (χ1v) is 9.57. The number of hydrogen-bond donors (Lipinski definition) is 0. The van der Waals surface area contributed by atoms with Gasteiger partial charge in [-0.15, -0.1) is 0 Å². The minimum atomic E-state index is -3.26. The lowest BCUT2D eigenvalue weighted by Crippen LogP contribution is -1.97. The van der Waals surface area contributed by atoms with Gasteiger partial charge in [0.2, 0.25) is 0 Å². The van der Waals surface area contributed by atoms with Gasteiger partial charge in [0.15, 0.2) is 19.7 Å². The van der Waals surface area contributed by atoms with Gasteiger partial charge in [0.05, 0.1) is 9.79 Å². The lowest BCUT2D eigenvalue weighted by molar-refractivity contribution is 0.600. The molecule has 0 saturated heterocycles. The molecule has 0 aliphatic carbocycles. The Balaban J connectivity index is 2.48. The van der Waals surface area contributed by atoms with E-state index in [-0.39, 0.29) is 9.79 Å². The first-order valence-electron chi connectivity index (χ1n) is 5.78. The van der Waals surface area contributed by atoms with E-state index in [1.807, 2.05) is 0 Å². The van der Waals surface area contributed by atoms with Crippen molar-refractivity contribution in [2.75, 3.05) is 12.5 Å². The summed E-state index contributed by atoms with van der Waals surface area (Å²) in [6, 6.07) is 12.9. The fourth-order valence-electron chi connectivity index (χ4n) is 1.80. The van der Waals surface area contributed by atoms with Crippen LogP contribution >= 0.6 is 0 Å². The third-order valence-corrected chi connectivity index (χ3v) is 5.12. The van der Waals surface area contributed by atoms with E-state index in [1.54, 1.807) is 30.3 Å². The molecule has 0 fully saturated rings. The molecule has 2 aromatic rings. The molecule has 20 heavy (non-hydrogen) atoms. The first kappa shape index (κ1) is 14.7. The van der Waals surface area contributed by atoms with Gasteiger partial charge in [0.1, 0.15) is 0 Å². The summed E-state index contributed by atoms with van der Waals surface area (Å²) in [5, 5.41) is 0. The summed E-state index contributed by atoms with van der Waals surface area (Å²) in [6.45, 7) is 0. The quantitative estimate of drug-likeness (QED) is 0.871. The van der Waals surface area contributed by atoms with E-state index in [0.717, 1.165) is 23.6 Å². The molecule has 0 amide bonds. The highest BCUT2D eigenvalue weighted by Gasteiger charge is 2.10. The van der Waals surface area contributed by atoms with Crippen molar-refractivity contribution in [1.82, 2.24) is 0 Å². The zero-order valence-electron chi connectivity index (χ0n) is 11.1. The van der Waals surface area contributed by atoms with Crippen LogP contribution in [-0.4, -0.2) is 29.3 Å². The molecule has 0 unspecified atom stereocenters. The number of hydrogen-bond acceptors (Lipinski definition) is 4. The summed E-state index contributed by atoms with van der Waals surface area (Å²) >= 11 is 0. The Kier molecular flexibility index (Phi) is 3.71. The topological polar surface area (TPSA) is 68.3 Å². The van der Waals surface area contributed by atoms with E-state index in [9.17, 15) is 16.8 Å². The van der Waals surface area contributed by atoms with Gasteiger partial charge in [-0.2, -0.15) is 0 Å². The number of rotatable bonds is 3. The molecule has 0 spiro atoms. The van der Waals surface area contributed by atoms with Crippen molar-refractivity contribution in [3.05, 3.63) is 48.5 Å². The molecule has 0 radical (unpaired) electrons. The maximum Gasteiger partial charge on any atom is 0.175 e. The molecule has 0 atom stereocenters. The van der Waals surface area contributed by atoms with Crippen molar-refractivity contribution in [1.29, 1.82) is 0 Å². The van der Waals surface area contributed by atoms with E-state index in [1.165, 1.54) is 18.2 Å². The number of benzene rings is 2. The highest BCUT2D eigenvalue weighted by molar-refractivity contribution is 7.91. The lowest BCUT2D eigenvalue weighted by atomic mass is 10.1. The molecule has 0 bridgehead atoms. The van der Waals surface area contributed by atoms with Gasteiger partial charge in [-0.05, 0) is 35.4 Å². The summed E-state index contributed by atoms with van der Waals surface area (Å²) in [5.41, 5.74) is 1.50. The molecule has 2 rings (SSSR count). The van der Waals surface area contributed by atoms with Crippen LogP contribution in [0.4, 0.5) is 0 Å². The molecule has 0 N–H and O–H groups in total. The summed E-state index contributed by atoms with van der Waals surface area (Å²) < 4.78 is 45.8. The average molecular weight is 310 g/mol. The largest absolute Gasteiger partial charge is 0.224 e. The fourth-order valence-corrected chi connectivity index (χ4v) is 3.10. The Bertz CT molecular complexity index is 833. The summed E-state index contributed by atoms with van der Waals surface area (Å²) in [6.07, 6.45) is 2.30. The van der Waals surface area contributed by atoms with Crippen molar-refractivity contribution in [2.24, 2.45) is 0 Å². The third kappa shape index (κ3) is 3.26. The Morgan fingerprint density at radius 3 is 1.70 bits per heavy atom. The van der Waals surface area contributed by atoms with Gasteiger partial charge in [0, 0.05) is 12.5 Å².